The molecule has 35 heavy (non-hydrogen) atoms. The average Bonchev–Trinajstić information content (AvgIpc) is 2.88. The van der Waals surface area contributed by atoms with Crippen LogP contribution in [0.1, 0.15) is 40.5 Å². The summed E-state index contributed by atoms with van der Waals surface area (Å²) in [6, 6.07) is 8.61. The normalized spacial score (nSPS) is 13.1. The Kier molecular flexibility index (Phi) is 7.65. The summed E-state index contributed by atoms with van der Waals surface area (Å²) in [5.41, 5.74) is 3.40. The number of anilines is 3. The number of nitrogens with zero attached hydrogens (tertiary/aromatic N) is 4. The van der Waals surface area contributed by atoms with Gasteiger partial charge < -0.3 is 10.1 Å². The first kappa shape index (κ1) is 23.9. The molecule has 0 radical (unpaired) electrons. The van der Waals surface area contributed by atoms with E-state index in [1.54, 1.807) is 42.7 Å². The van der Waals surface area contributed by atoms with Crippen LogP contribution in [0, 0.1) is 11.8 Å². The first-order valence-electron chi connectivity index (χ1n) is 11.3. The number of methoxy groups -OCH3 is 1. The topological polar surface area (TPSA) is 109 Å². The zero-order chi connectivity index (χ0) is 24.6. The lowest BCUT2D eigenvalue weighted by Crippen LogP contribution is -2.39. The lowest BCUT2D eigenvalue weighted by Gasteiger charge is -2.28. The van der Waals surface area contributed by atoms with Gasteiger partial charge in [-0.05, 0) is 43.5 Å². The van der Waals surface area contributed by atoms with Crippen molar-refractivity contribution in [2.45, 2.75) is 25.8 Å². The molecule has 0 saturated carbocycles. The molecule has 2 N–H and O–H groups in total. The van der Waals surface area contributed by atoms with E-state index in [0.29, 0.717) is 36.6 Å². The van der Waals surface area contributed by atoms with Crippen molar-refractivity contribution in [1.82, 2.24) is 15.0 Å². The average molecular weight is 471 g/mol. The third-order valence-corrected chi connectivity index (χ3v) is 5.39. The monoisotopic (exact) mass is 470 g/mol. The van der Waals surface area contributed by atoms with Crippen molar-refractivity contribution >= 4 is 29.6 Å². The van der Waals surface area contributed by atoms with Gasteiger partial charge in [-0.1, -0.05) is 17.9 Å². The molecular formula is C26H26N6O3. The van der Waals surface area contributed by atoms with Crippen LogP contribution in [0.15, 0.2) is 48.9 Å². The smallest absolute Gasteiger partial charge is 0.328 e. The number of hydrogen-bond acceptors (Lipinski definition) is 7. The van der Waals surface area contributed by atoms with E-state index in [1.165, 1.54) is 0 Å². The van der Waals surface area contributed by atoms with Crippen molar-refractivity contribution in [2.75, 3.05) is 35.8 Å². The van der Waals surface area contributed by atoms with Crippen LogP contribution in [0.2, 0.25) is 0 Å². The van der Waals surface area contributed by atoms with Gasteiger partial charge in [-0.15, -0.1) is 0 Å². The molecule has 4 heterocycles. The maximum atomic E-state index is 13.1. The van der Waals surface area contributed by atoms with E-state index in [4.69, 9.17) is 4.74 Å². The van der Waals surface area contributed by atoms with E-state index < -0.39 is 0 Å². The summed E-state index contributed by atoms with van der Waals surface area (Å²) in [6.45, 7) is 2.98. The second kappa shape index (κ2) is 11.2. The number of aryl methyl sites for hydroxylation is 1. The van der Waals surface area contributed by atoms with Crippen LogP contribution in [0.3, 0.4) is 0 Å². The number of pyridine rings is 3. The number of fused-ring (bicyclic) bond motifs is 1. The van der Waals surface area contributed by atoms with Crippen molar-refractivity contribution in [3.05, 3.63) is 71.3 Å². The second-order valence-electron chi connectivity index (χ2n) is 8.13. The van der Waals surface area contributed by atoms with Gasteiger partial charge >= 0.3 is 6.03 Å². The number of hydrogen-bond donors (Lipinski definition) is 2. The maximum Gasteiger partial charge on any atom is 0.328 e. The van der Waals surface area contributed by atoms with Crippen LogP contribution in [0.4, 0.5) is 22.1 Å². The lowest BCUT2D eigenvalue weighted by molar-refractivity contribution is 0.111. The Morgan fingerprint density at radius 1 is 1.29 bits per heavy atom. The van der Waals surface area contributed by atoms with E-state index in [1.807, 2.05) is 25.1 Å². The van der Waals surface area contributed by atoms with Crippen LogP contribution in [0.25, 0.3) is 0 Å². The molecule has 0 aliphatic carbocycles. The van der Waals surface area contributed by atoms with Crippen molar-refractivity contribution in [2.24, 2.45) is 0 Å². The molecule has 1 aliphatic rings. The Hall–Kier alpha value is -4.29. The Bertz CT molecular complexity index is 1270. The minimum atomic E-state index is -0.362. The lowest BCUT2D eigenvalue weighted by atomic mass is 10.1. The Morgan fingerprint density at radius 3 is 2.94 bits per heavy atom. The van der Waals surface area contributed by atoms with Gasteiger partial charge in [0.25, 0.3) is 0 Å². The highest BCUT2D eigenvalue weighted by atomic mass is 16.5. The van der Waals surface area contributed by atoms with Crippen molar-refractivity contribution in [3.8, 4) is 11.8 Å². The van der Waals surface area contributed by atoms with E-state index in [2.05, 4.69) is 37.4 Å². The van der Waals surface area contributed by atoms with Crippen LogP contribution in [0.5, 0.6) is 0 Å². The van der Waals surface area contributed by atoms with Crippen LogP contribution in [-0.4, -0.2) is 53.6 Å². The first-order valence-corrected chi connectivity index (χ1v) is 11.3. The summed E-state index contributed by atoms with van der Waals surface area (Å²) in [7, 11) is 1.64. The molecule has 0 aromatic carbocycles. The van der Waals surface area contributed by atoms with Gasteiger partial charge in [0.05, 0.1) is 17.9 Å². The molecule has 0 fully saturated rings. The number of urea groups is 1. The van der Waals surface area contributed by atoms with Crippen LogP contribution < -0.4 is 15.5 Å². The van der Waals surface area contributed by atoms with E-state index in [0.717, 1.165) is 29.7 Å². The zero-order valence-corrected chi connectivity index (χ0v) is 19.6. The van der Waals surface area contributed by atoms with Gasteiger partial charge in [0.1, 0.15) is 17.3 Å². The zero-order valence-electron chi connectivity index (χ0n) is 19.6. The van der Waals surface area contributed by atoms with Crippen molar-refractivity contribution in [1.29, 1.82) is 0 Å². The third-order valence-electron chi connectivity index (χ3n) is 5.39. The van der Waals surface area contributed by atoms with Crippen molar-refractivity contribution in [3.63, 3.8) is 0 Å². The molecule has 2 amide bonds. The largest absolute Gasteiger partial charge is 0.383 e. The molecule has 0 saturated heterocycles. The Balaban J connectivity index is 1.59. The number of nitrogens with one attached hydrogen (secondary N) is 2. The predicted molar refractivity (Wildman–Crippen MR) is 134 cm³/mol. The number of aldehydes is 1. The molecule has 0 bridgehead atoms. The highest BCUT2D eigenvalue weighted by molar-refractivity contribution is 6.01. The highest BCUT2D eigenvalue weighted by Crippen LogP contribution is 2.26. The maximum absolute atomic E-state index is 13.1. The first-order chi connectivity index (χ1) is 17.1. The minimum absolute atomic E-state index is 0.00447. The third kappa shape index (κ3) is 5.99. The Labute approximate surface area is 204 Å². The van der Waals surface area contributed by atoms with Gasteiger partial charge in [0.15, 0.2) is 6.29 Å². The number of ether oxygens (including phenoxy) is 1. The molecule has 0 unspecified atom stereocenters. The van der Waals surface area contributed by atoms with E-state index >= 15 is 0 Å². The summed E-state index contributed by atoms with van der Waals surface area (Å²) in [5.74, 6) is 7.08. The Morgan fingerprint density at radius 2 is 2.17 bits per heavy atom. The molecule has 1 atom stereocenters. The fourth-order valence-corrected chi connectivity index (χ4v) is 3.77. The van der Waals surface area contributed by atoms with Crippen LogP contribution in [-0.2, 0) is 11.2 Å². The fourth-order valence-electron chi connectivity index (χ4n) is 3.77. The molecule has 9 nitrogen and oxygen atoms in total. The SMILES string of the molecule is COC[C@H](C)Nc1cc(NC(=O)N2CCCc3ccc(C=O)nc32)ncc1C#Cc1cccnc1. The van der Waals surface area contributed by atoms with Gasteiger partial charge in [0.2, 0.25) is 0 Å². The summed E-state index contributed by atoms with van der Waals surface area (Å²) in [4.78, 5) is 38.7. The number of rotatable bonds is 6. The van der Waals surface area contributed by atoms with E-state index in [9.17, 15) is 9.59 Å². The number of carbonyl (C=O) groups excluding carboxylic acids is 2. The highest BCUT2D eigenvalue weighted by Gasteiger charge is 2.25. The van der Waals surface area contributed by atoms with Crippen molar-refractivity contribution < 1.29 is 14.3 Å². The molecule has 3 aromatic rings. The molecule has 1 aliphatic heterocycles. The number of amides is 2. The molecular weight excluding hydrogens is 444 g/mol. The standard InChI is InChI=1S/C26H26N6O3/c1-18(17-35-2)29-23-13-24(28-15-21(23)8-7-19-5-3-11-27-14-19)31-26(34)32-12-4-6-20-9-10-22(16-33)30-25(20)32/h3,5,9-11,13-16,18H,4,6,12,17H2,1-2H3,(H2,28,29,31,34)/t18-/m0/s1. The molecule has 4 rings (SSSR count). The summed E-state index contributed by atoms with van der Waals surface area (Å²) < 4.78 is 5.24. The van der Waals surface area contributed by atoms with Crippen LogP contribution >= 0.6 is 0 Å². The number of aromatic nitrogens is 3. The van der Waals surface area contributed by atoms with E-state index in [-0.39, 0.29) is 17.8 Å². The van der Waals surface area contributed by atoms with Gasteiger partial charge in [-0.2, -0.15) is 0 Å². The summed E-state index contributed by atoms with van der Waals surface area (Å²) >= 11 is 0. The number of carbonyl (C=O) groups is 2. The van der Waals surface area contributed by atoms with Gasteiger partial charge in [0, 0.05) is 49.9 Å². The summed E-state index contributed by atoms with van der Waals surface area (Å²) in [6.07, 6.45) is 7.29. The summed E-state index contributed by atoms with van der Waals surface area (Å²) in [5, 5.41) is 6.23. The van der Waals surface area contributed by atoms with Gasteiger partial charge in [-0.3, -0.25) is 20.0 Å². The predicted octanol–water partition coefficient (Wildman–Crippen LogP) is 3.52. The molecule has 9 heteroatoms. The fraction of sp³-hybridized carbons (Fsp3) is 0.269. The molecule has 178 valence electrons. The molecule has 3 aromatic heterocycles. The second-order valence-corrected chi connectivity index (χ2v) is 8.13. The molecule has 0 spiro atoms. The quantitative estimate of drug-likeness (QED) is 0.419. The minimum Gasteiger partial charge on any atom is -0.383 e. The van der Waals surface area contributed by atoms with Gasteiger partial charge in [-0.25, -0.2) is 14.8 Å².